The maximum Gasteiger partial charge on any atom is 0.306 e. The second-order valence-electron chi connectivity index (χ2n) is 24.6. The van der Waals surface area contributed by atoms with Crippen molar-refractivity contribution in [2.75, 3.05) is 86.0 Å². The van der Waals surface area contributed by atoms with Crippen molar-refractivity contribution >= 4 is 23.8 Å². The molecule has 0 aromatic rings. The quantitative estimate of drug-likeness (QED) is 0.0247. The lowest BCUT2D eigenvalue weighted by Gasteiger charge is -2.34. The number of likely N-dealkylation sites (N-methyl/N-ethyl adjacent to an activating group) is 1. The van der Waals surface area contributed by atoms with Gasteiger partial charge in [-0.2, -0.15) is 0 Å². The molecule has 496 valence electrons. The van der Waals surface area contributed by atoms with E-state index in [9.17, 15) is 19.2 Å². The molecule has 1 unspecified atom stereocenters. The molecule has 1 fully saturated rings. The predicted molar refractivity (Wildman–Crippen MR) is 345 cm³/mol. The summed E-state index contributed by atoms with van der Waals surface area (Å²) in [7, 11) is 2.14. The van der Waals surface area contributed by atoms with Crippen LogP contribution in [-0.4, -0.2) is 149 Å². The molecule has 1 aliphatic heterocycles. The summed E-state index contributed by atoms with van der Waals surface area (Å²) in [5.41, 5.74) is 0. The molecule has 0 aromatic carbocycles. The number of rotatable bonds is 63. The van der Waals surface area contributed by atoms with Crippen LogP contribution in [0, 0.1) is 0 Å². The van der Waals surface area contributed by atoms with Gasteiger partial charge in [0.2, 0.25) is 5.91 Å². The molecule has 0 bridgehead atoms. The van der Waals surface area contributed by atoms with Crippen LogP contribution in [0.1, 0.15) is 318 Å². The summed E-state index contributed by atoms with van der Waals surface area (Å²) in [6.45, 7) is 20.7. The summed E-state index contributed by atoms with van der Waals surface area (Å²) in [6, 6.07) is -0.727. The zero-order chi connectivity index (χ0) is 61.2. The minimum atomic E-state index is -0.727. The fourth-order valence-electron chi connectivity index (χ4n) is 10.9. The van der Waals surface area contributed by atoms with Gasteiger partial charge >= 0.3 is 17.9 Å². The Morgan fingerprint density at radius 1 is 0.381 bits per heavy atom. The largest absolute Gasteiger partial charge is 0.463 e. The Hall–Kier alpha value is -2.36. The van der Waals surface area contributed by atoms with E-state index in [0.717, 1.165) is 129 Å². The van der Waals surface area contributed by atoms with Crippen LogP contribution in [0.3, 0.4) is 0 Å². The van der Waals surface area contributed by atoms with Gasteiger partial charge in [0.05, 0.1) is 12.5 Å². The van der Waals surface area contributed by atoms with Crippen molar-refractivity contribution < 1.29 is 52.3 Å². The average Bonchev–Trinajstić information content (AvgIpc) is 3.56. The summed E-state index contributed by atoms with van der Waals surface area (Å²) < 4.78 is 43.2. The number of nitrogens with zero attached hydrogens (tertiary/aromatic N) is 3. The van der Waals surface area contributed by atoms with Crippen molar-refractivity contribution in [3.05, 3.63) is 0 Å². The molecule has 14 heteroatoms. The van der Waals surface area contributed by atoms with E-state index in [1.54, 1.807) is 4.90 Å². The second kappa shape index (κ2) is 59.6. The van der Waals surface area contributed by atoms with Crippen LogP contribution in [0.5, 0.6) is 0 Å². The third kappa shape index (κ3) is 48.6. The highest BCUT2D eigenvalue weighted by Gasteiger charge is 2.28. The summed E-state index contributed by atoms with van der Waals surface area (Å²) in [4.78, 5) is 61.6. The fourth-order valence-corrected chi connectivity index (χ4v) is 10.9. The molecule has 1 rings (SSSR count). The van der Waals surface area contributed by atoms with Crippen LogP contribution < -0.4 is 0 Å². The van der Waals surface area contributed by atoms with Gasteiger partial charge in [-0.25, -0.2) is 0 Å². The number of hydrogen-bond donors (Lipinski definition) is 0. The Kier molecular flexibility index (Phi) is 56.5. The summed E-state index contributed by atoms with van der Waals surface area (Å²) in [6.07, 6.45) is 41.3. The van der Waals surface area contributed by atoms with E-state index in [1.165, 1.54) is 122 Å². The molecular weight excluding hydrogens is 1060 g/mol. The highest BCUT2D eigenvalue weighted by atomic mass is 16.7. The van der Waals surface area contributed by atoms with E-state index in [0.29, 0.717) is 65.1 Å². The lowest BCUT2D eigenvalue weighted by molar-refractivity contribution is -0.156. The van der Waals surface area contributed by atoms with Gasteiger partial charge in [0.1, 0.15) is 19.3 Å². The number of ether oxygens (including phenoxy) is 7. The number of unbranched alkanes of at least 4 members (excludes halogenated alkanes) is 26. The molecule has 84 heavy (non-hydrogen) atoms. The zero-order valence-corrected chi connectivity index (χ0v) is 56.0. The molecule has 14 nitrogen and oxygen atoms in total. The third-order valence-electron chi connectivity index (χ3n) is 16.5. The first-order valence-corrected chi connectivity index (χ1v) is 35.8. The predicted octanol–water partition coefficient (Wildman–Crippen LogP) is 17.0. The van der Waals surface area contributed by atoms with Crippen molar-refractivity contribution in [1.82, 2.24) is 14.7 Å². The van der Waals surface area contributed by atoms with Gasteiger partial charge < -0.3 is 47.9 Å². The van der Waals surface area contributed by atoms with E-state index >= 15 is 0 Å². The second-order valence-corrected chi connectivity index (χ2v) is 24.6. The Morgan fingerprint density at radius 2 is 0.762 bits per heavy atom. The SMILES string of the molecule is CCCCCCCCOC(CCCCC(=O)OCC(COC(=O)CCCCC(OCCCCCCCC)OCCCCCCCC)N(CCCN1CCN(C)CC1)C(=O)CCC(=O)OC(CCC)CCCCCCC)OCCCCCCCC. The van der Waals surface area contributed by atoms with Gasteiger partial charge in [-0.1, -0.05) is 202 Å². The lowest BCUT2D eigenvalue weighted by Crippen LogP contribution is -2.48. The van der Waals surface area contributed by atoms with Crippen molar-refractivity contribution in [2.24, 2.45) is 0 Å². The van der Waals surface area contributed by atoms with E-state index in [1.807, 2.05) is 0 Å². The monoisotopic (exact) mass is 1190 g/mol. The molecule has 0 aromatic heterocycles. The molecule has 0 radical (unpaired) electrons. The van der Waals surface area contributed by atoms with Crippen LogP contribution >= 0.6 is 0 Å². The zero-order valence-electron chi connectivity index (χ0n) is 56.0. The number of carbonyl (C=O) groups excluding carboxylic acids is 4. The molecule has 0 saturated carbocycles. The summed E-state index contributed by atoms with van der Waals surface area (Å²) >= 11 is 0. The topological polar surface area (TPSA) is 143 Å². The van der Waals surface area contributed by atoms with Crippen molar-refractivity contribution in [2.45, 2.75) is 342 Å². The Labute approximate surface area is 517 Å². The summed E-state index contributed by atoms with van der Waals surface area (Å²) in [5.74, 6) is -1.33. The number of esters is 3. The van der Waals surface area contributed by atoms with Crippen LogP contribution in [0.4, 0.5) is 0 Å². The van der Waals surface area contributed by atoms with E-state index in [4.69, 9.17) is 33.2 Å². The van der Waals surface area contributed by atoms with E-state index in [2.05, 4.69) is 58.4 Å². The standard InChI is InChI=1S/C70H135N3O11/c1-8-14-19-24-29-38-57-78-69(79-58-39-30-25-20-15-9-2)47-36-34-45-66(75)82-61-63(62-83-67(76)46-35-37-48-70(80-59-40-31-26-21-16-10-3)81-60-41-32-27-22-17-11-4)73(52-42-51-72-55-53-71(7)54-56-72)65(74)49-50-68(77)84-64(43-13-6)44-33-28-23-18-12-5/h63-64,69-70H,8-62H2,1-7H3. The first kappa shape index (κ1) is 79.7. The maximum atomic E-state index is 14.5. The van der Waals surface area contributed by atoms with Crippen molar-refractivity contribution in [1.29, 1.82) is 0 Å². The molecule has 0 aliphatic carbocycles. The number of hydrogen-bond acceptors (Lipinski definition) is 13. The fraction of sp³-hybridized carbons (Fsp3) is 0.943. The first-order chi connectivity index (χ1) is 41.1. The smallest absolute Gasteiger partial charge is 0.306 e. The van der Waals surface area contributed by atoms with Crippen LogP contribution in [0.25, 0.3) is 0 Å². The van der Waals surface area contributed by atoms with Crippen molar-refractivity contribution in [3.8, 4) is 0 Å². The minimum Gasteiger partial charge on any atom is -0.463 e. The van der Waals surface area contributed by atoms with Gasteiger partial charge in [0, 0.05) is 78.4 Å². The van der Waals surface area contributed by atoms with E-state index in [-0.39, 0.29) is 81.4 Å². The van der Waals surface area contributed by atoms with Gasteiger partial charge in [0.15, 0.2) is 12.6 Å². The Morgan fingerprint density at radius 3 is 1.17 bits per heavy atom. The van der Waals surface area contributed by atoms with Gasteiger partial charge in [-0.05, 0) is 103 Å². The summed E-state index contributed by atoms with van der Waals surface area (Å²) in [5, 5.41) is 0. The van der Waals surface area contributed by atoms with E-state index < -0.39 is 6.04 Å². The van der Waals surface area contributed by atoms with Gasteiger partial charge in [-0.3, -0.25) is 19.2 Å². The van der Waals surface area contributed by atoms with Crippen LogP contribution in [-0.2, 0) is 52.3 Å². The number of piperazine rings is 1. The van der Waals surface area contributed by atoms with Crippen LogP contribution in [0.15, 0.2) is 0 Å². The molecule has 1 atom stereocenters. The Balaban J connectivity index is 3.18. The minimum absolute atomic E-state index is 0.0468. The molecule has 1 aliphatic rings. The molecular formula is C70H135N3O11. The maximum absolute atomic E-state index is 14.5. The Bertz CT molecular complexity index is 1380. The molecule has 1 heterocycles. The third-order valence-corrected chi connectivity index (χ3v) is 16.5. The molecule has 0 N–H and O–H groups in total. The van der Waals surface area contributed by atoms with Crippen molar-refractivity contribution in [3.63, 3.8) is 0 Å². The molecule has 1 amide bonds. The highest BCUT2D eigenvalue weighted by Crippen LogP contribution is 2.19. The lowest BCUT2D eigenvalue weighted by atomic mass is 10.0. The average molecular weight is 1190 g/mol. The number of carbonyl (C=O) groups is 4. The molecule has 0 spiro atoms. The first-order valence-electron chi connectivity index (χ1n) is 35.8. The van der Waals surface area contributed by atoms with Crippen LogP contribution in [0.2, 0.25) is 0 Å². The molecule has 1 saturated heterocycles. The van der Waals surface area contributed by atoms with Gasteiger partial charge in [0.25, 0.3) is 0 Å². The highest BCUT2D eigenvalue weighted by molar-refractivity contribution is 5.82. The van der Waals surface area contributed by atoms with Gasteiger partial charge in [-0.15, -0.1) is 0 Å². The number of amides is 1. The normalized spacial score (nSPS) is 13.6.